The first-order chi connectivity index (χ1) is 10.3. The van der Waals surface area contributed by atoms with Gasteiger partial charge in [-0.1, -0.05) is 0 Å². The smallest absolute Gasteiger partial charge is 0.407 e. The third kappa shape index (κ3) is 5.35. The third-order valence-corrected chi connectivity index (χ3v) is 3.44. The summed E-state index contributed by atoms with van der Waals surface area (Å²) in [6, 6.07) is 3.74. The Morgan fingerprint density at radius 2 is 2.32 bits per heavy atom. The van der Waals surface area contributed by atoms with Crippen LogP contribution in [0.4, 0.5) is 4.79 Å². The van der Waals surface area contributed by atoms with Gasteiger partial charge >= 0.3 is 6.09 Å². The van der Waals surface area contributed by atoms with Crippen LogP contribution in [0.1, 0.15) is 33.5 Å². The van der Waals surface area contributed by atoms with Gasteiger partial charge < -0.3 is 19.2 Å². The number of rotatable bonds is 4. The summed E-state index contributed by atoms with van der Waals surface area (Å²) in [5, 5.41) is 2.85. The first kappa shape index (κ1) is 16.8. The van der Waals surface area contributed by atoms with Crippen LogP contribution in [0.2, 0.25) is 0 Å². The first-order valence-corrected chi connectivity index (χ1v) is 7.69. The number of carbonyl (C=O) groups excluding carboxylic acids is 1. The Hall–Kier alpha value is -1.53. The molecule has 0 aliphatic carbocycles. The number of furan rings is 1. The fourth-order valence-corrected chi connectivity index (χ4v) is 2.39. The number of morpholine rings is 1. The van der Waals surface area contributed by atoms with Crippen molar-refractivity contribution >= 4 is 6.09 Å². The van der Waals surface area contributed by atoms with Crippen LogP contribution in [0.5, 0.6) is 0 Å². The van der Waals surface area contributed by atoms with E-state index in [1.165, 1.54) is 0 Å². The molecule has 1 aromatic heterocycles. The molecule has 6 heteroatoms. The molecule has 1 fully saturated rings. The average Bonchev–Trinajstić information content (AvgIpc) is 2.89. The summed E-state index contributed by atoms with van der Waals surface area (Å²) in [6.45, 7) is 10.5. The van der Waals surface area contributed by atoms with Crippen molar-refractivity contribution in [1.29, 1.82) is 0 Å². The lowest BCUT2D eigenvalue weighted by Crippen LogP contribution is -2.52. The van der Waals surface area contributed by atoms with Crippen molar-refractivity contribution in [1.82, 2.24) is 10.2 Å². The van der Waals surface area contributed by atoms with Gasteiger partial charge in [0.1, 0.15) is 11.4 Å². The molecule has 0 aromatic carbocycles. The van der Waals surface area contributed by atoms with Gasteiger partial charge in [-0.3, -0.25) is 4.90 Å². The molecule has 2 heterocycles. The van der Waals surface area contributed by atoms with Crippen LogP contribution >= 0.6 is 0 Å². The zero-order valence-electron chi connectivity index (χ0n) is 13.8. The van der Waals surface area contributed by atoms with Gasteiger partial charge in [0, 0.05) is 13.1 Å². The molecule has 1 N–H and O–H groups in total. The Kier molecular flexibility index (Phi) is 5.47. The van der Waals surface area contributed by atoms with E-state index >= 15 is 0 Å². The highest BCUT2D eigenvalue weighted by Crippen LogP contribution is 2.14. The highest BCUT2D eigenvalue weighted by atomic mass is 16.6. The molecule has 2 atom stereocenters. The molecule has 0 spiro atoms. The summed E-state index contributed by atoms with van der Waals surface area (Å²) in [5.74, 6) is 0.938. The number of amides is 1. The normalized spacial score (nSPS) is 21.4. The number of nitrogens with zero attached hydrogens (tertiary/aromatic N) is 1. The largest absolute Gasteiger partial charge is 0.468 e. The number of carbonyl (C=O) groups is 1. The molecule has 1 amide bonds. The monoisotopic (exact) mass is 310 g/mol. The van der Waals surface area contributed by atoms with E-state index in [-0.39, 0.29) is 12.1 Å². The molecule has 1 aliphatic rings. The van der Waals surface area contributed by atoms with Crippen LogP contribution in [0, 0.1) is 0 Å². The van der Waals surface area contributed by atoms with E-state index in [0.717, 1.165) is 25.4 Å². The summed E-state index contributed by atoms with van der Waals surface area (Å²) < 4.78 is 16.4. The van der Waals surface area contributed by atoms with Gasteiger partial charge in [0.2, 0.25) is 0 Å². The Bertz CT molecular complexity index is 467. The lowest BCUT2D eigenvalue weighted by Gasteiger charge is -2.35. The zero-order chi connectivity index (χ0) is 16.2. The van der Waals surface area contributed by atoms with Crippen molar-refractivity contribution in [2.24, 2.45) is 0 Å². The molecule has 6 nitrogen and oxygen atoms in total. The minimum atomic E-state index is -0.497. The summed E-state index contributed by atoms with van der Waals surface area (Å²) in [6.07, 6.45) is 1.21. The Morgan fingerprint density at radius 3 is 2.95 bits per heavy atom. The quantitative estimate of drug-likeness (QED) is 0.925. The van der Waals surface area contributed by atoms with Gasteiger partial charge in [-0.15, -0.1) is 0 Å². The SMILES string of the molecule is C[C@H](NC(=O)OC(C)(C)C)[C@@H]1CN(Cc2ccco2)CCO1. The van der Waals surface area contributed by atoms with E-state index in [2.05, 4.69) is 10.2 Å². The average molecular weight is 310 g/mol. The number of alkyl carbamates (subject to hydrolysis) is 1. The Labute approximate surface area is 131 Å². The van der Waals surface area contributed by atoms with Crippen molar-refractivity contribution in [2.45, 2.75) is 52.0 Å². The van der Waals surface area contributed by atoms with Gasteiger partial charge in [0.25, 0.3) is 0 Å². The van der Waals surface area contributed by atoms with Gasteiger partial charge in [-0.05, 0) is 39.8 Å². The lowest BCUT2D eigenvalue weighted by molar-refractivity contribution is -0.0488. The predicted octanol–water partition coefficient (Wildman–Crippen LogP) is 2.39. The van der Waals surface area contributed by atoms with Crippen LogP contribution in [0.15, 0.2) is 22.8 Å². The number of hydrogen-bond acceptors (Lipinski definition) is 5. The Morgan fingerprint density at radius 1 is 1.55 bits per heavy atom. The van der Waals surface area contributed by atoms with Crippen LogP contribution in [0.3, 0.4) is 0 Å². The molecular weight excluding hydrogens is 284 g/mol. The summed E-state index contributed by atoms with van der Waals surface area (Å²) in [5.41, 5.74) is -0.497. The number of ether oxygens (including phenoxy) is 2. The molecule has 22 heavy (non-hydrogen) atoms. The first-order valence-electron chi connectivity index (χ1n) is 7.69. The molecule has 0 radical (unpaired) electrons. The predicted molar refractivity (Wildman–Crippen MR) is 82.6 cm³/mol. The highest BCUT2D eigenvalue weighted by molar-refractivity contribution is 5.68. The molecular formula is C16H26N2O4. The molecule has 1 aromatic rings. The van der Waals surface area contributed by atoms with E-state index in [1.807, 2.05) is 39.8 Å². The van der Waals surface area contributed by atoms with Gasteiger partial charge in [-0.25, -0.2) is 4.79 Å². The van der Waals surface area contributed by atoms with Crippen molar-refractivity contribution in [3.8, 4) is 0 Å². The second kappa shape index (κ2) is 7.15. The van der Waals surface area contributed by atoms with E-state index in [4.69, 9.17) is 13.9 Å². The van der Waals surface area contributed by atoms with Crippen LogP contribution in [-0.2, 0) is 16.0 Å². The van der Waals surface area contributed by atoms with E-state index < -0.39 is 11.7 Å². The molecule has 2 rings (SSSR count). The maximum absolute atomic E-state index is 11.8. The molecule has 1 saturated heterocycles. The summed E-state index contributed by atoms with van der Waals surface area (Å²) in [7, 11) is 0. The molecule has 1 aliphatic heterocycles. The van der Waals surface area contributed by atoms with Crippen molar-refractivity contribution < 1.29 is 18.7 Å². The summed E-state index contributed by atoms with van der Waals surface area (Å²) >= 11 is 0. The summed E-state index contributed by atoms with van der Waals surface area (Å²) in [4.78, 5) is 14.1. The third-order valence-electron chi connectivity index (χ3n) is 3.44. The zero-order valence-corrected chi connectivity index (χ0v) is 13.8. The molecule has 0 saturated carbocycles. The second-order valence-corrected chi connectivity index (χ2v) is 6.66. The maximum Gasteiger partial charge on any atom is 0.407 e. The van der Waals surface area contributed by atoms with E-state index in [9.17, 15) is 4.79 Å². The van der Waals surface area contributed by atoms with Gasteiger partial charge in [0.05, 0.1) is 31.6 Å². The maximum atomic E-state index is 11.8. The number of nitrogens with one attached hydrogen (secondary N) is 1. The fraction of sp³-hybridized carbons (Fsp3) is 0.688. The Balaban J connectivity index is 1.82. The van der Waals surface area contributed by atoms with Crippen molar-refractivity contribution in [2.75, 3.05) is 19.7 Å². The fourth-order valence-electron chi connectivity index (χ4n) is 2.39. The molecule has 124 valence electrons. The highest BCUT2D eigenvalue weighted by Gasteiger charge is 2.28. The molecule has 0 unspecified atom stereocenters. The minimum absolute atomic E-state index is 0.0590. The van der Waals surface area contributed by atoms with Gasteiger partial charge in [0.15, 0.2) is 0 Å². The van der Waals surface area contributed by atoms with Crippen LogP contribution < -0.4 is 5.32 Å². The number of hydrogen-bond donors (Lipinski definition) is 1. The van der Waals surface area contributed by atoms with Crippen LogP contribution in [0.25, 0.3) is 0 Å². The van der Waals surface area contributed by atoms with Crippen molar-refractivity contribution in [3.05, 3.63) is 24.2 Å². The minimum Gasteiger partial charge on any atom is -0.468 e. The molecule has 0 bridgehead atoms. The van der Waals surface area contributed by atoms with E-state index in [1.54, 1.807) is 6.26 Å². The van der Waals surface area contributed by atoms with E-state index in [0.29, 0.717) is 6.61 Å². The standard InChI is InChI=1S/C16H26N2O4/c1-12(17-15(19)22-16(2,3)4)14-11-18(7-9-21-14)10-13-6-5-8-20-13/h5-6,8,12,14H,7,9-11H2,1-4H3,(H,17,19)/t12-,14-/m0/s1. The lowest BCUT2D eigenvalue weighted by atomic mass is 10.1. The topological polar surface area (TPSA) is 63.9 Å². The second-order valence-electron chi connectivity index (χ2n) is 6.66. The van der Waals surface area contributed by atoms with Crippen LogP contribution in [-0.4, -0.2) is 48.4 Å². The van der Waals surface area contributed by atoms with Crippen molar-refractivity contribution in [3.63, 3.8) is 0 Å². The van der Waals surface area contributed by atoms with Gasteiger partial charge in [-0.2, -0.15) is 0 Å².